The molecule has 3 aromatic carbocycles. The van der Waals surface area contributed by atoms with Gasteiger partial charge in [-0.3, -0.25) is 4.79 Å². The van der Waals surface area contributed by atoms with E-state index in [-0.39, 0.29) is 10.8 Å². The van der Waals surface area contributed by atoms with Crippen LogP contribution < -0.4 is 0 Å². The van der Waals surface area contributed by atoms with E-state index in [4.69, 9.17) is 23.2 Å². The van der Waals surface area contributed by atoms with Gasteiger partial charge in [0.25, 0.3) is 0 Å². The summed E-state index contributed by atoms with van der Waals surface area (Å²) in [6.45, 7) is 0. The summed E-state index contributed by atoms with van der Waals surface area (Å²) in [7, 11) is 0. The number of hydrogen-bond donors (Lipinski definition) is 0. The maximum Gasteiger partial charge on any atom is 0.193 e. The summed E-state index contributed by atoms with van der Waals surface area (Å²) >= 11 is 11.9. The van der Waals surface area contributed by atoms with Crippen molar-refractivity contribution in [3.8, 4) is 0 Å². The van der Waals surface area contributed by atoms with Gasteiger partial charge in [-0.25, -0.2) is 4.39 Å². The highest BCUT2D eigenvalue weighted by molar-refractivity contribution is 6.36. The fraction of sp³-hybridized carbons (Fsp3) is 0. The number of fused-ring (bicyclic) bond motifs is 1. The van der Waals surface area contributed by atoms with Crippen LogP contribution in [0.3, 0.4) is 0 Å². The van der Waals surface area contributed by atoms with Crippen LogP contribution in [0, 0.1) is 5.82 Å². The molecule has 0 heterocycles. The molecule has 104 valence electrons. The predicted octanol–water partition coefficient (Wildman–Crippen LogP) is 5.52. The zero-order chi connectivity index (χ0) is 15.0. The van der Waals surface area contributed by atoms with Crippen LogP contribution in [-0.2, 0) is 0 Å². The molecule has 0 saturated carbocycles. The molecule has 0 aromatic heterocycles. The van der Waals surface area contributed by atoms with Gasteiger partial charge in [-0.15, -0.1) is 0 Å². The van der Waals surface area contributed by atoms with Crippen LogP contribution in [0.1, 0.15) is 15.9 Å². The highest BCUT2D eigenvalue weighted by atomic mass is 35.5. The van der Waals surface area contributed by atoms with Gasteiger partial charge in [0.15, 0.2) is 5.78 Å². The van der Waals surface area contributed by atoms with E-state index in [2.05, 4.69) is 0 Å². The average molecular weight is 319 g/mol. The molecule has 1 nitrogen and oxygen atoms in total. The van der Waals surface area contributed by atoms with Crippen LogP contribution in [-0.4, -0.2) is 5.78 Å². The molecule has 0 unspecified atom stereocenters. The number of carbonyl (C=O) groups is 1. The van der Waals surface area contributed by atoms with Crippen molar-refractivity contribution in [3.05, 3.63) is 81.6 Å². The molecule has 0 fully saturated rings. The Morgan fingerprint density at radius 3 is 2.29 bits per heavy atom. The summed E-state index contributed by atoms with van der Waals surface area (Å²) < 4.78 is 13.2. The van der Waals surface area contributed by atoms with E-state index in [9.17, 15) is 9.18 Å². The number of benzene rings is 3. The number of halogens is 3. The second kappa shape index (κ2) is 5.47. The van der Waals surface area contributed by atoms with Crippen molar-refractivity contribution in [1.82, 2.24) is 0 Å². The highest BCUT2D eigenvalue weighted by Gasteiger charge is 2.15. The Morgan fingerprint density at radius 2 is 1.57 bits per heavy atom. The van der Waals surface area contributed by atoms with Crippen molar-refractivity contribution in [2.24, 2.45) is 0 Å². The topological polar surface area (TPSA) is 17.1 Å². The van der Waals surface area contributed by atoms with Crippen molar-refractivity contribution >= 4 is 39.8 Å². The summed E-state index contributed by atoms with van der Waals surface area (Å²) in [6, 6.07) is 14.7. The molecule has 0 saturated heterocycles. The van der Waals surface area contributed by atoms with Gasteiger partial charge in [0.05, 0.1) is 5.02 Å². The van der Waals surface area contributed by atoms with Crippen LogP contribution in [0.25, 0.3) is 10.8 Å². The Morgan fingerprint density at radius 1 is 0.857 bits per heavy atom. The fourth-order valence-electron chi connectivity index (χ4n) is 2.25. The number of carbonyl (C=O) groups excluding carboxylic acids is 1. The Kier molecular flexibility index (Phi) is 3.66. The Balaban J connectivity index is 2.18. The van der Waals surface area contributed by atoms with Crippen LogP contribution in [0.5, 0.6) is 0 Å². The van der Waals surface area contributed by atoms with Gasteiger partial charge < -0.3 is 0 Å². The summed E-state index contributed by atoms with van der Waals surface area (Å²) in [4.78, 5) is 12.6. The molecular weight excluding hydrogens is 310 g/mol. The molecule has 3 aromatic rings. The van der Waals surface area contributed by atoms with Gasteiger partial charge in [0.2, 0.25) is 0 Å². The van der Waals surface area contributed by atoms with E-state index in [1.165, 1.54) is 18.2 Å². The predicted molar refractivity (Wildman–Crippen MR) is 83.8 cm³/mol. The van der Waals surface area contributed by atoms with Crippen molar-refractivity contribution in [2.45, 2.75) is 0 Å². The van der Waals surface area contributed by atoms with Gasteiger partial charge >= 0.3 is 0 Å². The zero-order valence-corrected chi connectivity index (χ0v) is 12.3. The largest absolute Gasteiger partial charge is 0.289 e. The number of rotatable bonds is 2. The van der Waals surface area contributed by atoms with Gasteiger partial charge in [-0.2, -0.15) is 0 Å². The molecule has 0 aliphatic rings. The lowest BCUT2D eigenvalue weighted by Crippen LogP contribution is -2.02. The first-order valence-electron chi connectivity index (χ1n) is 6.25. The first kappa shape index (κ1) is 14.1. The van der Waals surface area contributed by atoms with E-state index < -0.39 is 5.82 Å². The van der Waals surface area contributed by atoms with E-state index in [1.54, 1.807) is 12.1 Å². The van der Waals surface area contributed by atoms with Crippen LogP contribution in [0.4, 0.5) is 4.39 Å². The molecule has 0 N–H and O–H groups in total. The Bertz CT molecular complexity index is 859. The Labute approximate surface area is 130 Å². The van der Waals surface area contributed by atoms with Crippen molar-refractivity contribution < 1.29 is 9.18 Å². The van der Waals surface area contributed by atoms with Crippen LogP contribution in [0.2, 0.25) is 10.0 Å². The van der Waals surface area contributed by atoms with Gasteiger partial charge in [0.1, 0.15) is 5.82 Å². The molecule has 4 heteroatoms. The molecule has 21 heavy (non-hydrogen) atoms. The normalized spacial score (nSPS) is 10.8. The minimum Gasteiger partial charge on any atom is -0.289 e. The van der Waals surface area contributed by atoms with Crippen LogP contribution in [0.15, 0.2) is 54.6 Å². The molecule has 0 bridgehead atoms. The maximum atomic E-state index is 13.2. The third kappa shape index (κ3) is 2.53. The number of hydrogen-bond acceptors (Lipinski definition) is 1. The smallest absolute Gasteiger partial charge is 0.193 e. The standard InChI is InChI=1S/C17H9Cl2FO/c18-14-7-6-13(11-3-1-2-4-12(11)14)17(21)10-5-8-16(20)15(19)9-10/h1-9H. The fourth-order valence-corrected chi connectivity index (χ4v) is 2.66. The molecule has 0 amide bonds. The number of ketones is 1. The first-order chi connectivity index (χ1) is 10.1. The van der Waals surface area contributed by atoms with Crippen molar-refractivity contribution in [2.75, 3.05) is 0 Å². The SMILES string of the molecule is O=C(c1ccc(F)c(Cl)c1)c1ccc(Cl)c2ccccc12. The second-order valence-electron chi connectivity index (χ2n) is 4.60. The highest BCUT2D eigenvalue weighted by Crippen LogP contribution is 2.28. The quantitative estimate of drug-likeness (QED) is 0.569. The van der Waals surface area contributed by atoms with Gasteiger partial charge in [0, 0.05) is 21.5 Å². The van der Waals surface area contributed by atoms with E-state index in [1.807, 2.05) is 24.3 Å². The zero-order valence-electron chi connectivity index (χ0n) is 10.7. The van der Waals surface area contributed by atoms with Crippen molar-refractivity contribution in [3.63, 3.8) is 0 Å². The van der Waals surface area contributed by atoms with Crippen LogP contribution >= 0.6 is 23.2 Å². The Hall–Kier alpha value is -1.90. The minimum absolute atomic E-state index is 0.0703. The maximum absolute atomic E-state index is 13.2. The molecule has 0 radical (unpaired) electrons. The second-order valence-corrected chi connectivity index (χ2v) is 5.41. The van der Waals surface area contributed by atoms with Crippen molar-refractivity contribution in [1.29, 1.82) is 0 Å². The summed E-state index contributed by atoms with van der Waals surface area (Å²) in [5, 5.41) is 2.08. The monoisotopic (exact) mass is 318 g/mol. The van der Waals surface area contributed by atoms with E-state index >= 15 is 0 Å². The average Bonchev–Trinajstić information content (AvgIpc) is 2.50. The molecule has 0 atom stereocenters. The molecule has 3 rings (SSSR count). The van der Waals surface area contributed by atoms with E-state index in [0.717, 1.165) is 10.8 Å². The molecule has 0 spiro atoms. The first-order valence-corrected chi connectivity index (χ1v) is 7.00. The lowest BCUT2D eigenvalue weighted by atomic mass is 9.97. The third-order valence-corrected chi connectivity index (χ3v) is 3.92. The van der Waals surface area contributed by atoms with E-state index in [0.29, 0.717) is 16.1 Å². The summed E-state index contributed by atoms with van der Waals surface area (Å²) in [5.41, 5.74) is 0.853. The van der Waals surface area contributed by atoms with Gasteiger partial charge in [-0.05, 0) is 35.7 Å². The summed E-state index contributed by atoms with van der Waals surface area (Å²) in [6.07, 6.45) is 0. The minimum atomic E-state index is -0.547. The lowest BCUT2D eigenvalue weighted by molar-refractivity contribution is 0.104. The molecule has 0 aliphatic heterocycles. The third-order valence-electron chi connectivity index (χ3n) is 3.30. The molecular formula is C17H9Cl2FO. The molecule has 0 aliphatic carbocycles. The van der Waals surface area contributed by atoms with Gasteiger partial charge in [-0.1, -0.05) is 47.5 Å². The lowest BCUT2D eigenvalue weighted by Gasteiger charge is -2.08. The summed E-state index contributed by atoms with van der Waals surface area (Å²) in [5.74, 6) is -0.765.